The van der Waals surface area contributed by atoms with E-state index in [-0.39, 0.29) is 46.5 Å². The van der Waals surface area contributed by atoms with Gasteiger partial charge in [-0.3, -0.25) is 14.6 Å². The van der Waals surface area contributed by atoms with E-state index in [1.54, 1.807) is 24.3 Å². The normalized spacial score (nSPS) is 11.2. The number of phenols is 1. The number of phenolic OH excluding ortho intramolecular Hbond substituents is 1. The number of Topliss-reactive ketones (excluding diaryl/α,β-unsaturated/α-hetero) is 1. The van der Waals surface area contributed by atoms with Crippen molar-refractivity contribution in [1.29, 1.82) is 0 Å². The van der Waals surface area contributed by atoms with Crippen molar-refractivity contribution in [2.75, 3.05) is 0 Å². The van der Waals surface area contributed by atoms with Crippen LogP contribution >= 0.6 is 11.6 Å². The molecule has 0 aliphatic heterocycles. The zero-order chi connectivity index (χ0) is 18.6. The summed E-state index contributed by atoms with van der Waals surface area (Å²) in [6, 6.07) is 8.04. The maximum absolute atomic E-state index is 12.3. The lowest BCUT2D eigenvalue weighted by molar-refractivity contribution is -0.117. The Morgan fingerprint density at radius 3 is 2.36 bits per heavy atom. The fourth-order valence-electron chi connectivity index (χ4n) is 2.29. The van der Waals surface area contributed by atoms with E-state index in [2.05, 4.69) is 10.3 Å². The summed E-state index contributed by atoms with van der Waals surface area (Å²) in [5.74, 6) is -0.302. The van der Waals surface area contributed by atoms with Crippen molar-refractivity contribution in [1.82, 2.24) is 10.3 Å². The molecule has 25 heavy (non-hydrogen) atoms. The number of benzene rings is 1. The van der Waals surface area contributed by atoms with Gasteiger partial charge in [-0.2, -0.15) is 0 Å². The molecule has 2 aromatic rings. The van der Waals surface area contributed by atoms with Crippen molar-refractivity contribution in [2.24, 2.45) is 0 Å². The number of nitrogens with one attached hydrogen (secondary N) is 1. The van der Waals surface area contributed by atoms with Crippen LogP contribution < -0.4 is 5.32 Å². The quantitative estimate of drug-likeness (QED) is 0.857. The van der Waals surface area contributed by atoms with Gasteiger partial charge >= 0.3 is 0 Å². The van der Waals surface area contributed by atoms with E-state index in [1.807, 2.05) is 20.8 Å². The number of carbonyl (C=O) groups is 2. The molecule has 2 N–H and O–H groups in total. The molecule has 0 radical (unpaired) electrons. The minimum absolute atomic E-state index is 0.0125. The van der Waals surface area contributed by atoms with Crippen molar-refractivity contribution in [3.05, 3.63) is 58.4 Å². The topological polar surface area (TPSA) is 79.3 Å². The standard InChI is InChI=1S/C19H21ClN2O3/c1-19(2,3)22-18(25)16-11-13(6-7-21-16)9-14(23)8-12-4-5-17(24)15(20)10-12/h4-7,10-11,24H,8-9H2,1-3H3,(H,22,25). The lowest BCUT2D eigenvalue weighted by Crippen LogP contribution is -2.40. The molecule has 0 aliphatic carbocycles. The first-order valence-electron chi connectivity index (χ1n) is 7.90. The summed E-state index contributed by atoms with van der Waals surface area (Å²) in [5, 5.41) is 12.5. The fraction of sp³-hybridized carbons (Fsp3) is 0.316. The van der Waals surface area contributed by atoms with Crippen LogP contribution in [0.2, 0.25) is 5.02 Å². The number of aromatic nitrogens is 1. The highest BCUT2D eigenvalue weighted by Gasteiger charge is 2.17. The summed E-state index contributed by atoms with van der Waals surface area (Å²) < 4.78 is 0. The zero-order valence-electron chi connectivity index (χ0n) is 14.5. The van der Waals surface area contributed by atoms with Crippen LogP contribution in [0.25, 0.3) is 0 Å². The van der Waals surface area contributed by atoms with Gasteiger partial charge in [0.05, 0.1) is 5.02 Å². The third-order valence-corrected chi connectivity index (χ3v) is 3.66. The molecule has 0 spiro atoms. The Bertz CT molecular complexity index is 797. The highest BCUT2D eigenvalue weighted by atomic mass is 35.5. The molecule has 0 fully saturated rings. The van der Waals surface area contributed by atoms with Crippen LogP contribution in [0, 0.1) is 0 Å². The molecule has 6 heteroatoms. The Kier molecular flexibility index (Phi) is 5.80. The van der Waals surface area contributed by atoms with E-state index in [0.717, 1.165) is 11.1 Å². The van der Waals surface area contributed by atoms with Crippen LogP contribution in [0.3, 0.4) is 0 Å². The molecule has 1 heterocycles. The van der Waals surface area contributed by atoms with Gasteiger partial charge in [0.15, 0.2) is 0 Å². The Morgan fingerprint density at radius 1 is 1.12 bits per heavy atom. The number of carbonyl (C=O) groups excluding carboxylic acids is 2. The first-order chi connectivity index (χ1) is 11.6. The number of halogens is 1. The van der Waals surface area contributed by atoms with Gasteiger partial charge in [-0.05, 0) is 56.2 Å². The molecule has 1 aromatic carbocycles. The second-order valence-electron chi connectivity index (χ2n) is 6.93. The Labute approximate surface area is 152 Å². The van der Waals surface area contributed by atoms with Gasteiger partial charge in [0.2, 0.25) is 0 Å². The summed E-state index contributed by atoms with van der Waals surface area (Å²) in [6.45, 7) is 5.67. The van der Waals surface area contributed by atoms with E-state index in [4.69, 9.17) is 11.6 Å². The first-order valence-corrected chi connectivity index (χ1v) is 8.28. The smallest absolute Gasteiger partial charge is 0.270 e. The van der Waals surface area contributed by atoms with E-state index < -0.39 is 0 Å². The SMILES string of the molecule is CC(C)(C)NC(=O)c1cc(CC(=O)Cc2ccc(O)c(Cl)c2)ccn1. The molecule has 132 valence electrons. The lowest BCUT2D eigenvalue weighted by atomic mass is 10.0. The number of nitrogens with zero attached hydrogens (tertiary/aromatic N) is 1. The Hall–Kier alpha value is -2.40. The highest BCUT2D eigenvalue weighted by molar-refractivity contribution is 6.32. The van der Waals surface area contributed by atoms with Crippen molar-refractivity contribution in [3.63, 3.8) is 0 Å². The number of aromatic hydroxyl groups is 1. The zero-order valence-corrected chi connectivity index (χ0v) is 15.2. The summed E-state index contributed by atoms with van der Waals surface area (Å²) in [7, 11) is 0. The second-order valence-corrected chi connectivity index (χ2v) is 7.34. The summed E-state index contributed by atoms with van der Waals surface area (Å²) in [4.78, 5) is 28.5. The average molecular weight is 361 g/mol. The predicted octanol–water partition coefficient (Wildman–Crippen LogP) is 3.32. The lowest BCUT2D eigenvalue weighted by Gasteiger charge is -2.20. The second kappa shape index (κ2) is 7.66. The number of pyridine rings is 1. The summed E-state index contributed by atoms with van der Waals surface area (Å²) >= 11 is 5.85. The highest BCUT2D eigenvalue weighted by Crippen LogP contribution is 2.24. The molecule has 0 saturated carbocycles. The average Bonchev–Trinajstić information content (AvgIpc) is 2.49. The van der Waals surface area contributed by atoms with Crippen LogP contribution in [0.1, 0.15) is 42.4 Å². The van der Waals surface area contributed by atoms with E-state index >= 15 is 0 Å². The van der Waals surface area contributed by atoms with Gasteiger partial charge in [-0.15, -0.1) is 0 Å². The molecular formula is C19H21ClN2O3. The molecule has 0 aliphatic rings. The Morgan fingerprint density at radius 2 is 1.76 bits per heavy atom. The maximum atomic E-state index is 12.3. The van der Waals surface area contributed by atoms with Crippen LogP contribution in [0.5, 0.6) is 5.75 Å². The molecule has 5 nitrogen and oxygen atoms in total. The number of ketones is 1. The molecule has 0 atom stereocenters. The minimum atomic E-state index is -0.358. The molecule has 1 amide bonds. The number of hydrogen-bond donors (Lipinski definition) is 2. The van der Waals surface area contributed by atoms with E-state index in [1.165, 1.54) is 12.3 Å². The fourth-order valence-corrected chi connectivity index (χ4v) is 2.49. The van der Waals surface area contributed by atoms with Crippen molar-refractivity contribution in [2.45, 2.75) is 39.2 Å². The minimum Gasteiger partial charge on any atom is -0.506 e. The largest absolute Gasteiger partial charge is 0.506 e. The van der Waals surface area contributed by atoms with Crippen LogP contribution in [0.15, 0.2) is 36.5 Å². The summed E-state index contributed by atoms with van der Waals surface area (Å²) in [5.41, 5.74) is 1.38. The molecule has 0 unspecified atom stereocenters. The molecule has 1 aromatic heterocycles. The maximum Gasteiger partial charge on any atom is 0.270 e. The van der Waals surface area contributed by atoms with E-state index in [9.17, 15) is 14.7 Å². The number of amides is 1. The molecule has 0 bridgehead atoms. The van der Waals surface area contributed by atoms with Gasteiger partial charge < -0.3 is 10.4 Å². The van der Waals surface area contributed by atoms with Crippen molar-refractivity contribution < 1.29 is 14.7 Å². The molecule has 0 saturated heterocycles. The van der Waals surface area contributed by atoms with Crippen molar-refractivity contribution in [3.8, 4) is 5.75 Å². The third-order valence-electron chi connectivity index (χ3n) is 3.36. The molecule has 2 rings (SSSR count). The number of hydrogen-bond acceptors (Lipinski definition) is 4. The molecular weight excluding hydrogens is 340 g/mol. The van der Waals surface area contributed by atoms with Gasteiger partial charge in [-0.1, -0.05) is 17.7 Å². The van der Waals surface area contributed by atoms with Gasteiger partial charge in [0.25, 0.3) is 5.91 Å². The van der Waals surface area contributed by atoms with Gasteiger partial charge in [0, 0.05) is 24.6 Å². The van der Waals surface area contributed by atoms with Crippen molar-refractivity contribution >= 4 is 23.3 Å². The Balaban J connectivity index is 2.04. The van der Waals surface area contributed by atoms with Crippen LogP contribution in [-0.4, -0.2) is 27.3 Å². The van der Waals surface area contributed by atoms with Gasteiger partial charge in [-0.25, -0.2) is 0 Å². The van der Waals surface area contributed by atoms with Gasteiger partial charge in [0.1, 0.15) is 17.2 Å². The van der Waals surface area contributed by atoms with Crippen LogP contribution in [-0.2, 0) is 17.6 Å². The summed E-state index contributed by atoms with van der Waals surface area (Å²) in [6.07, 6.45) is 1.92. The first kappa shape index (κ1) is 18.9. The monoisotopic (exact) mass is 360 g/mol. The number of rotatable bonds is 5. The van der Waals surface area contributed by atoms with E-state index in [0.29, 0.717) is 0 Å². The third kappa shape index (κ3) is 5.87. The predicted molar refractivity (Wildman–Crippen MR) is 97.0 cm³/mol. The van der Waals surface area contributed by atoms with Crippen LogP contribution in [0.4, 0.5) is 0 Å².